The fourth-order valence-corrected chi connectivity index (χ4v) is 3.56. The van der Waals surface area contributed by atoms with Crippen LogP contribution in [-0.2, 0) is 4.74 Å². The molecule has 1 saturated carbocycles. The number of alkyl halides is 3. The lowest BCUT2D eigenvalue weighted by Crippen LogP contribution is -2.29. The van der Waals surface area contributed by atoms with E-state index in [1.165, 1.54) is 7.11 Å². The summed E-state index contributed by atoms with van der Waals surface area (Å²) in [5, 5.41) is 1.57. The lowest BCUT2D eigenvalue weighted by atomic mass is 9.82. The molecule has 4 nitrogen and oxygen atoms in total. The summed E-state index contributed by atoms with van der Waals surface area (Å²) in [5.41, 5.74) is 1.17. The first-order valence-corrected chi connectivity index (χ1v) is 8.97. The number of methoxy groups -OCH3 is 1. The minimum absolute atomic E-state index is 0.0929. The molecule has 1 aliphatic rings. The number of carbonyl (C=O) groups is 1. The molecule has 0 saturated heterocycles. The Labute approximate surface area is 155 Å². The van der Waals surface area contributed by atoms with Gasteiger partial charge in [0.1, 0.15) is 0 Å². The number of aryl methyl sites for hydroxylation is 1. The number of carbonyl (C=O) groups excluding carboxylic acids is 1. The van der Waals surface area contributed by atoms with Gasteiger partial charge in [-0.05, 0) is 68.2 Å². The molecule has 2 aromatic rings. The van der Waals surface area contributed by atoms with Crippen molar-refractivity contribution in [3.05, 3.63) is 35.5 Å². The fourth-order valence-electron chi connectivity index (χ4n) is 3.56. The van der Waals surface area contributed by atoms with E-state index in [1.54, 1.807) is 18.2 Å². The molecule has 0 amide bonds. The van der Waals surface area contributed by atoms with Crippen molar-refractivity contribution >= 4 is 16.7 Å². The van der Waals surface area contributed by atoms with E-state index in [-0.39, 0.29) is 18.8 Å². The largest absolute Gasteiger partial charge is 0.477 e. The molecule has 0 bridgehead atoms. The second-order valence-corrected chi connectivity index (χ2v) is 7.07. The summed E-state index contributed by atoms with van der Waals surface area (Å²) in [5.74, 6) is -1.08. The number of pyridine rings is 1. The van der Waals surface area contributed by atoms with Crippen molar-refractivity contribution in [2.24, 2.45) is 11.8 Å². The Hall–Kier alpha value is -2.31. The van der Waals surface area contributed by atoms with Crippen LogP contribution in [0, 0.1) is 18.8 Å². The predicted molar refractivity (Wildman–Crippen MR) is 94.8 cm³/mol. The van der Waals surface area contributed by atoms with Crippen LogP contribution in [0.2, 0.25) is 0 Å². The molecule has 0 unspecified atom stereocenters. The Kier molecular flexibility index (Phi) is 5.58. The molecule has 0 radical (unpaired) electrons. The van der Waals surface area contributed by atoms with Gasteiger partial charge in [0.25, 0.3) is 0 Å². The smallest absolute Gasteiger partial charge is 0.391 e. The maximum absolute atomic E-state index is 12.8. The summed E-state index contributed by atoms with van der Waals surface area (Å²) < 4.78 is 49.0. The van der Waals surface area contributed by atoms with Crippen molar-refractivity contribution in [1.29, 1.82) is 0 Å². The van der Waals surface area contributed by atoms with Crippen LogP contribution in [0.4, 0.5) is 13.2 Å². The lowest BCUT2D eigenvalue weighted by molar-refractivity contribution is -0.184. The second kappa shape index (κ2) is 7.74. The van der Waals surface area contributed by atoms with Crippen molar-refractivity contribution in [2.45, 2.75) is 38.8 Å². The zero-order valence-corrected chi connectivity index (χ0v) is 15.3. The standard InChI is InChI=1S/C20H22F3NO3/c1-12-9-15-10-14(19(25)26-2)5-8-17(15)18(24-12)27-11-13-3-6-16(7-4-13)20(21,22)23/h5,8-10,13,16H,3-4,6-7,11H2,1-2H3/t13-,16-. The van der Waals surface area contributed by atoms with Gasteiger partial charge >= 0.3 is 12.1 Å². The third kappa shape index (κ3) is 4.51. The molecule has 0 spiro atoms. The van der Waals surface area contributed by atoms with Gasteiger partial charge in [0.05, 0.1) is 25.2 Å². The Bertz CT molecular complexity index is 827. The molecule has 1 aromatic heterocycles. The molecular formula is C20H22F3NO3. The number of ether oxygens (including phenoxy) is 2. The van der Waals surface area contributed by atoms with E-state index < -0.39 is 18.1 Å². The Balaban J connectivity index is 1.71. The summed E-state index contributed by atoms with van der Waals surface area (Å²) >= 11 is 0. The maximum atomic E-state index is 12.8. The van der Waals surface area contributed by atoms with Gasteiger partial charge in [-0.1, -0.05) is 0 Å². The Morgan fingerprint density at radius 3 is 2.52 bits per heavy atom. The fraction of sp³-hybridized carbons (Fsp3) is 0.500. The molecule has 0 aliphatic heterocycles. The number of rotatable bonds is 4. The van der Waals surface area contributed by atoms with E-state index in [0.717, 1.165) is 16.5 Å². The molecular weight excluding hydrogens is 359 g/mol. The topological polar surface area (TPSA) is 48.4 Å². The Morgan fingerprint density at radius 2 is 1.89 bits per heavy atom. The number of aromatic nitrogens is 1. The third-order valence-corrected chi connectivity index (χ3v) is 5.11. The van der Waals surface area contributed by atoms with Crippen LogP contribution in [0.25, 0.3) is 10.8 Å². The Morgan fingerprint density at radius 1 is 1.19 bits per heavy atom. The average molecular weight is 381 g/mol. The monoisotopic (exact) mass is 381 g/mol. The third-order valence-electron chi connectivity index (χ3n) is 5.11. The summed E-state index contributed by atoms with van der Waals surface area (Å²) in [6.45, 7) is 2.17. The minimum atomic E-state index is -4.10. The number of hydrogen-bond acceptors (Lipinski definition) is 4. The van der Waals surface area contributed by atoms with Crippen molar-refractivity contribution in [3.8, 4) is 5.88 Å². The van der Waals surface area contributed by atoms with E-state index in [2.05, 4.69) is 4.98 Å². The van der Waals surface area contributed by atoms with E-state index in [4.69, 9.17) is 9.47 Å². The number of fused-ring (bicyclic) bond motifs is 1. The first kappa shape index (κ1) is 19.5. The second-order valence-electron chi connectivity index (χ2n) is 7.07. The predicted octanol–water partition coefficient (Wildman–Crippen LogP) is 5.08. The van der Waals surface area contributed by atoms with Crippen molar-refractivity contribution in [3.63, 3.8) is 0 Å². The van der Waals surface area contributed by atoms with E-state index in [0.29, 0.717) is 30.9 Å². The van der Waals surface area contributed by atoms with Crippen molar-refractivity contribution in [2.75, 3.05) is 13.7 Å². The van der Waals surface area contributed by atoms with Crippen LogP contribution in [0.5, 0.6) is 5.88 Å². The van der Waals surface area contributed by atoms with Gasteiger partial charge in [-0.25, -0.2) is 9.78 Å². The van der Waals surface area contributed by atoms with Gasteiger partial charge in [0.2, 0.25) is 5.88 Å². The molecule has 27 heavy (non-hydrogen) atoms. The number of nitrogens with zero attached hydrogens (tertiary/aromatic N) is 1. The summed E-state index contributed by atoms with van der Waals surface area (Å²) in [7, 11) is 1.33. The number of esters is 1. The van der Waals surface area contributed by atoms with Crippen LogP contribution in [-0.4, -0.2) is 30.8 Å². The zero-order chi connectivity index (χ0) is 19.6. The van der Waals surface area contributed by atoms with E-state index in [9.17, 15) is 18.0 Å². The van der Waals surface area contributed by atoms with Crippen LogP contribution in [0.1, 0.15) is 41.7 Å². The zero-order valence-electron chi connectivity index (χ0n) is 15.3. The highest BCUT2D eigenvalue weighted by Crippen LogP contribution is 2.39. The molecule has 1 fully saturated rings. The normalized spacial score (nSPS) is 20.5. The lowest BCUT2D eigenvalue weighted by Gasteiger charge is -2.29. The highest BCUT2D eigenvalue weighted by molar-refractivity contribution is 5.96. The SMILES string of the molecule is COC(=O)c1ccc2c(OC[C@H]3CC[C@H](C(F)(F)F)CC3)nc(C)cc2c1. The molecule has 3 rings (SSSR count). The molecule has 1 heterocycles. The van der Waals surface area contributed by atoms with Gasteiger partial charge in [0, 0.05) is 11.1 Å². The van der Waals surface area contributed by atoms with Crippen LogP contribution in [0.3, 0.4) is 0 Å². The number of hydrogen-bond donors (Lipinski definition) is 0. The highest BCUT2D eigenvalue weighted by Gasteiger charge is 2.41. The summed E-state index contributed by atoms with van der Waals surface area (Å²) in [4.78, 5) is 16.1. The summed E-state index contributed by atoms with van der Waals surface area (Å²) in [6, 6.07) is 6.97. The molecule has 146 valence electrons. The number of benzene rings is 1. The minimum Gasteiger partial charge on any atom is -0.477 e. The van der Waals surface area contributed by atoms with Gasteiger partial charge < -0.3 is 9.47 Å². The first-order valence-electron chi connectivity index (χ1n) is 8.97. The molecule has 7 heteroatoms. The molecule has 1 aromatic carbocycles. The van der Waals surface area contributed by atoms with Crippen LogP contribution >= 0.6 is 0 Å². The van der Waals surface area contributed by atoms with Gasteiger partial charge in [0.15, 0.2) is 0 Å². The molecule has 1 aliphatic carbocycles. The highest BCUT2D eigenvalue weighted by atomic mass is 19.4. The number of halogens is 3. The quantitative estimate of drug-likeness (QED) is 0.693. The van der Waals surface area contributed by atoms with E-state index in [1.807, 2.05) is 13.0 Å². The first-order chi connectivity index (χ1) is 12.8. The van der Waals surface area contributed by atoms with Crippen molar-refractivity contribution < 1.29 is 27.4 Å². The van der Waals surface area contributed by atoms with Gasteiger partial charge in [-0.3, -0.25) is 0 Å². The van der Waals surface area contributed by atoms with Crippen molar-refractivity contribution in [1.82, 2.24) is 4.98 Å². The average Bonchev–Trinajstić information content (AvgIpc) is 2.64. The van der Waals surface area contributed by atoms with Gasteiger partial charge in [-0.15, -0.1) is 0 Å². The summed E-state index contributed by atoms with van der Waals surface area (Å²) in [6.07, 6.45) is -2.79. The maximum Gasteiger partial charge on any atom is 0.391 e. The molecule has 0 atom stereocenters. The van der Waals surface area contributed by atoms with E-state index >= 15 is 0 Å². The van der Waals surface area contributed by atoms with Crippen LogP contribution in [0.15, 0.2) is 24.3 Å². The van der Waals surface area contributed by atoms with Crippen LogP contribution < -0.4 is 4.74 Å². The van der Waals surface area contributed by atoms with Gasteiger partial charge in [-0.2, -0.15) is 13.2 Å². The molecule has 0 N–H and O–H groups in total.